The van der Waals surface area contributed by atoms with Gasteiger partial charge in [-0.2, -0.15) is 16.3 Å². The normalized spacial score (nSPS) is 11.4. The molecule has 0 aliphatic heterocycles. The molecule has 0 atom stereocenters. The van der Waals surface area contributed by atoms with Crippen molar-refractivity contribution in [2.24, 2.45) is 0 Å². The largest absolute Gasteiger partial charge is 0.550 e. The topological polar surface area (TPSA) is 97.5 Å². The molecule has 27 heavy (non-hydrogen) atoms. The van der Waals surface area contributed by atoms with Crippen molar-refractivity contribution in [2.45, 2.75) is 13.3 Å². The van der Waals surface area contributed by atoms with Crippen LogP contribution in [0, 0.1) is 0 Å². The van der Waals surface area contributed by atoms with Gasteiger partial charge in [-0.3, -0.25) is 0 Å². The molecule has 0 amide bonds. The third-order valence-corrected chi connectivity index (χ3v) is 4.34. The molecule has 0 radical (unpaired) electrons. The Morgan fingerprint density at radius 1 is 1.37 bits per heavy atom. The summed E-state index contributed by atoms with van der Waals surface area (Å²) in [5.74, 6) is 0.310. The van der Waals surface area contributed by atoms with Gasteiger partial charge in [0.25, 0.3) is 5.89 Å². The summed E-state index contributed by atoms with van der Waals surface area (Å²) < 4.78 is 16.3. The van der Waals surface area contributed by atoms with Gasteiger partial charge in [-0.15, -0.1) is 0 Å². The Bertz CT molecular complexity index is 947. The van der Waals surface area contributed by atoms with Crippen molar-refractivity contribution in [2.75, 3.05) is 13.7 Å². The number of carbonyl (C=O) groups excluding carboxylic acids is 1. The fraction of sp³-hybridized carbons (Fsp3) is 0.211. The van der Waals surface area contributed by atoms with Crippen LogP contribution in [0.25, 0.3) is 23.0 Å². The fourth-order valence-electron chi connectivity index (χ4n) is 2.53. The maximum atomic E-state index is 11.2. The molecule has 2 aromatic heterocycles. The lowest BCUT2D eigenvalue weighted by Gasteiger charge is -2.12. The second kappa shape index (κ2) is 8.50. The van der Waals surface area contributed by atoms with Gasteiger partial charge in [-0.25, -0.2) is 0 Å². The van der Waals surface area contributed by atoms with E-state index in [1.165, 1.54) is 18.4 Å². The minimum atomic E-state index is -1.25. The predicted molar refractivity (Wildman–Crippen MR) is 99.3 cm³/mol. The summed E-state index contributed by atoms with van der Waals surface area (Å²) in [6, 6.07) is 7.21. The molecule has 0 saturated heterocycles. The molecular formula is C19H17N2O5S-. The van der Waals surface area contributed by atoms with Gasteiger partial charge in [0.2, 0.25) is 5.82 Å². The zero-order valence-corrected chi connectivity index (χ0v) is 15.6. The Morgan fingerprint density at radius 2 is 2.22 bits per heavy atom. The molecule has 7 nitrogen and oxygen atoms in total. The van der Waals surface area contributed by atoms with Crippen molar-refractivity contribution >= 4 is 29.0 Å². The van der Waals surface area contributed by atoms with E-state index in [2.05, 4.69) is 10.1 Å². The zero-order valence-electron chi connectivity index (χ0n) is 14.8. The van der Waals surface area contributed by atoms with Gasteiger partial charge in [-0.05, 0) is 30.5 Å². The third-order valence-electron chi connectivity index (χ3n) is 3.66. The van der Waals surface area contributed by atoms with Crippen molar-refractivity contribution in [3.63, 3.8) is 0 Å². The number of carboxylic acid groups (broad SMARTS) is 1. The monoisotopic (exact) mass is 385 g/mol. The minimum Gasteiger partial charge on any atom is -0.550 e. The van der Waals surface area contributed by atoms with Crippen LogP contribution in [-0.2, 0) is 4.79 Å². The van der Waals surface area contributed by atoms with Crippen LogP contribution in [0.2, 0.25) is 0 Å². The number of carboxylic acids is 1. The summed E-state index contributed by atoms with van der Waals surface area (Å²) in [6.07, 6.45) is 1.25. The number of hydrogen-bond acceptors (Lipinski definition) is 8. The van der Waals surface area contributed by atoms with Crippen molar-refractivity contribution < 1.29 is 23.9 Å². The van der Waals surface area contributed by atoms with E-state index in [0.29, 0.717) is 35.1 Å². The zero-order chi connectivity index (χ0) is 19.2. The van der Waals surface area contributed by atoms with Gasteiger partial charge in [-0.1, -0.05) is 17.3 Å². The van der Waals surface area contributed by atoms with Gasteiger partial charge in [0, 0.05) is 34.5 Å². The van der Waals surface area contributed by atoms with Gasteiger partial charge in [0.15, 0.2) is 11.5 Å². The minimum absolute atomic E-state index is 0.115. The molecule has 140 valence electrons. The SMILES string of the molecule is CCOc1cccc(/C=C(\CC(=O)[O-])c2nc(-c3ccsc3)no2)c1OC. The Morgan fingerprint density at radius 3 is 2.89 bits per heavy atom. The van der Waals surface area contributed by atoms with Crippen LogP contribution >= 0.6 is 11.3 Å². The number of thiophene rings is 1. The molecule has 1 aromatic carbocycles. The molecule has 2 heterocycles. The summed E-state index contributed by atoms with van der Waals surface area (Å²) in [7, 11) is 1.52. The maximum Gasteiger partial charge on any atom is 0.254 e. The number of ether oxygens (including phenoxy) is 2. The first-order valence-corrected chi connectivity index (χ1v) is 9.13. The highest BCUT2D eigenvalue weighted by atomic mass is 32.1. The molecule has 0 saturated carbocycles. The molecule has 0 fully saturated rings. The highest BCUT2D eigenvalue weighted by Gasteiger charge is 2.16. The maximum absolute atomic E-state index is 11.2. The summed E-state index contributed by atoms with van der Waals surface area (Å²) in [5, 5.41) is 18.9. The molecule has 0 spiro atoms. The van der Waals surface area contributed by atoms with Gasteiger partial charge in [0.1, 0.15) is 0 Å². The Labute approximate surface area is 159 Å². The van der Waals surface area contributed by atoms with Crippen molar-refractivity contribution in [3.8, 4) is 22.9 Å². The van der Waals surface area contributed by atoms with Crippen LogP contribution in [0.1, 0.15) is 24.8 Å². The van der Waals surface area contributed by atoms with E-state index in [1.54, 1.807) is 24.3 Å². The van der Waals surface area contributed by atoms with Crippen molar-refractivity contribution in [1.82, 2.24) is 10.1 Å². The number of para-hydroxylation sites is 1. The number of aliphatic carboxylic acids is 1. The molecule has 3 aromatic rings. The van der Waals surface area contributed by atoms with E-state index >= 15 is 0 Å². The number of methoxy groups -OCH3 is 1. The number of nitrogens with zero attached hydrogens (tertiary/aromatic N) is 2. The fourth-order valence-corrected chi connectivity index (χ4v) is 3.16. The van der Waals surface area contributed by atoms with Crippen molar-refractivity contribution in [3.05, 3.63) is 46.5 Å². The van der Waals surface area contributed by atoms with Gasteiger partial charge < -0.3 is 23.9 Å². The second-order valence-corrected chi connectivity index (χ2v) is 6.25. The Kier molecular flexibility index (Phi) is 5.87. The van der Waals surface area contributed by atoms with E-state index in [4.69, 9.17) is 14.0 Å². The van der Waals surface area contributed by atoms with Gasteiger partial charge in [0.05, 0.1) is 13.7 Å². The molecule has 8 heteroatoms. The molecule has 0 bridgehead atoms. The van der Waals surface area contributed by atoms with Crippen molar-refractivity contribution in [1.29, 1.82) is 0 Å². The van der Waals surface area contributed by atoms with Crippen LogP contribution < -0.4 is 14.6 Å². The average Bonchev–Trinajstić information content (AvgIpc) is 3.33. The molecule has 0 aliphatic carbocycles. The lowest BCUT2D eigenvalue weighted by Crippen LogP contribution is -2.22. The van der Waals surface area contributed by atoms with Crippen LogP contribution in [0.3, 0.4) is 0 Å². The predicted octanol–water partition coefficient (Wildman–Crippen LogP) is 2.89. The van der Waals surface area contributed by atoms with E-state index in [0.717, 1.165) is 5.56 Å². The molecule has 0 N–H and O–H groups in total. The summed E-state index contributed by atoms with van der Waals surface area (Å²) in [5.41, 5.74) is 1.75. The number of carbonyl (C=O) groups is 1. The highest BCUT2D eigenvalue weighted by molar-refractivity contribution is 7.08. The van der Waals surface area contributed by atoms with Crippen LogP contribution in [0.4, 0.5) is 0 Å². The lowest BCUT2D eigenvalue weighted by molar-refractivity contribution is -0.304. The Balaban J connectivity index is 2.03. The number of benzene rings is 1. The highest BCUT2D eigenvalue weighted by Crippen LogP contribution is 2.34. The molecule has 0 unspecified atom stereocenters. The van der Waals surface area contributed by atoms with E-state index in [9.17, 15) is 9.90 Å². The van der Waals surface area contributed by atoms with Crippen LogP contribution in [0.15, 0.2) is 39.5 Å². The molecule has 3 rings (SSSR count). The quantitative estimate of drug-likeness (QED) is 0.588. The summed E-state index contributed by atoms with van der Waals surface area (Å²) in [6.45, 7) is 2.34. The van der Waals surface area contributed by atoms with Crippen LogP contribution in [0.5, 0.6) is 11.5 Å². The summed E-state index contributed by atoms with van der Waals surface area (Å²) in [4.78, 5) is 15.6. The van der Waals surface area contributed by atoms with E-state index < -0.39 is 5.97 Å². The second-order valence-electron chi connectivity index (χ2n) is 5.47. The Hall–Kier alpha value is -3.13. The van der Waals surface area contributed by atoms with E-state index in [-0.39, 0.29) is 12.3 Å². The van der Waals surface area contributed by atoms with E-state index in [1.807, 2.05) is 23.8 Å². The third kappa shape index (κ3) is 4.35. The summed E-state index contributed by atoms with van der Waals surface area (Å²) >= 11 is 1.51. The average molecular weight is 385 g/mol. The van der Waals surface area contributed by atoms with Gasteiger partial charge >= 0.3 is 0 Å². The molecular weight excluding hydrogens is 368 g/mol. The molecule has 0 aliphatic rings. The number of aromatic nitrogens is 2. The number of hydrogen-bond donors (Lipinski definition) is 0. The standard InChI is InChI=1S/C19H18N2O5S/c1-3-25-15-6-4-5-12(17(15)24-2)9-14(10-16(22)23)19-20-18(21-26-19)13-7-8-27-11-13/h4-9,11H,3,10H2,1-2H3,(H,22,23)/p-1/b14-9+. The smallest absolute Gasteiger partial charge is 0.254 e. The van der Waals surface area contributed by atoms with Crippen LogP contribution in [-0.4, -0.2) is 29.8 Å². The first kappa shape index (κ1) is 18.7. The first-order chi connectivity index (χ1) is 13.1. The number of rotatable bonds is 8. The lowest BCUT2D eigenvalue weighted by atomic mass is 10.1. The first-order valence-electron chi connectivity index (χ1n) is 8.19.